The van der Waals surface area contributed by atoms with Crippen LogP contribution in [0.15, 0.2) is 24.3 Å². The lowest BCUT2D eigenvalue weighted by atomic mass is 9.99. The van der Waals surface area contributed by atoms with E-state index in [-0.39, 0.29) is 0 Å². The Kier molecular flexibility index (Phi) is 2.85. The molecule has 0 fully saturated rings. The maximum absolute atomic E-state index is 4.00. The molecule has 76 valence electrons. The lowest BCUT2D eigenvalue weighted by molar-refractivity contribution is -0.944. The molecule has 0 aromatic heterocycles. The number of fused-ring (bicyclic) bond motifs is 1. The molecule has 1 unspecified atom stereocenters. The van der Waals surface area contributed by atoms with E-state index in [9.17, 15) is 0 Å². The van der Waals surface area contributed by atoms with E-state index in [1.54, 1.807) is 10.5 Å². The molecule has 0 saturated carbocycles. The second-order valence-corrected chi connectivity index (χ2v) is 4.29. The highest BCUT2D eigenvalue weighted by atomic mass is 15.2. The molecule has 4 N–H and O–H groups in total. The van der Waals surface area contributed by atoms with Gasteiger partial charge in [-0.25, -0.2) is 0 Å². The standard InChI is InChI=1S/C12H18N2/c1-10(8-13)14-7-6-11-4-2-3-5-12(11)9-14/h2-5,10H,6-9,13H2,1H3/p+2/t10-/m0/s1. The van der Waals surface area contributed by atoms with Crippen molar-refractivity contribution < 1.29 is 10.6 Å². The van der Waals surface area contributed by atoms with Crippen LogP contribution in [0.1, 0.15) is 18.1 Å². The molecule has 2 heteroatoms. The molecule has 0 aliphatic carbocycles. The monoisotopic (exact) mass is 192 g/mol. The number of rotatable bonds is 2. The van der Waals surface area contributed by atoms with Crippen molar-refractivity contribution in [1.29, 1.82) is 0 Å². The summed E-state index contributed by atoms with van der Waals surface area (Å²) in [6.07, 6.45) is 1.23. The van der Waals surface area contributed by atoms with Crippen molar-refractivity contribution >= 4 is 0 Å². The van der Waals surface area contributed by atoms with Gasteiger partial charge in [-0.2, -0.15) is 0 Å². The van der Waals surface area contributed by atoms with Gasteiger partial charge in [0, 0.05) is 12.0 Å². The number of hydrogen-bond acceptors (Lipinski definition) is 0. The topological polar surface area (TPSA) is 32.1 Å². The van der Waals surface area contributed by atoms with Crippen molar-refractivity contribution in [2.75, 3.05) is 13.1 Å². The molecule has 0 radical (unpaired) electrons. The highest BCUT2D eigenvalue weighted by molar-refractivity contribution is 5.27. The lowest BCUT2D eigenvalue weighted by Gasteiger charge is -2.29. The van der Waals surface area contributed by atoms with Crippen molar-refractivity contribution in [3.8, 4) is 0 Å². The molecule has 1 aromatic rings. The van der Waals surface area contributed by atoms with Crippen molar-refractivity contribution in [2.24, 2.45) is 0 Å². The predicted octanol–water partition coefficient (Wildman–Crippen LogP) is -0.742. The van der Waals surface area contributed by atoms with E-state index in [0.29, 0.717) is 6.04 Å². The fraction of sp³-hybridized carbons (Fsp3) is 0.500. The highest BCUT2D eigenvalue weighted by Gasteiger charge is 2.23. The van der Waals surface area contributed by atoms with Crippen LogP contribution in [0.4, 0.5) is 0 Å². The van der Waals surface area contributed by atoms with E-state index in [2.05, 4.69) is 36.9 Å². The first kappa shape index (κ1) is 9.69. The number of benzene rings is 1. The van der Waals surface area contributed by atoms with Crippen LogP contribution in [0.2, 0.25) is 0 Å². The Bertz CT molecular complexity index is 309. The van der Waals surface area contributed by atoms with E-state index in [1.807, 2.05) is 0 Å². The molecule has 0 bridgehead atoms. The van der Waals surface area contributed by atoms with Crippen LogP contribution in [0.25, 0.3) is 0 Å². The minimum Gasteiger partial charge on any atom is -0.353 e. The van der Waals surface area contributed by atoms with Crippen LogP contribution < -0.4 is 10.6 Å². The van der Waals surface area contributed by atoms with Gasteiger partial charge in [-0.05, 0) is 12.5 Å². The minimum absolute atomic E-state index is 0.698. The van der Waals surface area contributed by atoms with Gasteiger partial charge in [0.15, 0.2) is 0 Å². The van der Waals surface area contributed by atoms with Gasteiger partial charge in [-0.3, -0.25) is 0 Å². The molecule has 1 aliphatic rings. The van der Waals surface area contributed by atoms with E-state index in [1.165, 1.54) is 25.1 Å². The second kappa shape index (κ2) is 4.11. The van der Waals surface area contributed by atoms with Crippen LogP contribution in [0.3, 0.4) is 0 Å². The fourth-order valence-electron chi connectivity index (χ4n) is 2.23. The first-order chi connectivity index (χ1) is 6.81. The molecular formula is C12H20N2+2. The predicted molar refractivity (Wildman–Crippen MR) is 56.9 cm³/mol. The Hall–Kier alpha value is -0.860. The molecule has 0 spiro atoms. The molecule has 0 amide bonds. The molecule has 2 nitrogen and oxygen atoms in total. The summed E-state index contributed by atoms with van der Waals surface area (Å²) in [4.78, 5) is 1.69. The lowest BCUT2D eigenvalue weighted by Crippen LogP contribution is -3.16. The second-order valence-electron chi connectivity index (χ2n) is 4.29. The molecule has 1 aromatic carbocycles. The zero-order valence-corrected chi connectivity index (χ0v) is 8.92. The molecule has 2 atom stereocenters. The van der Waals surface area contributed by atoms with Gasteiger partial charge in [0.2, 0.25) is 0 Å². The summed E-state index contributed by atoms with van der Waals surface area (Å²) in [5.74, 6) is 0. The summed E-state index contributed by atoms with van der Waals surface area (Å²) in [6.45, 7) is 5.80. The smallest absolute Gasteiger partial charge is 0.134 e. The zero-order valence-electron chi connectivity index (χ0n) is 8.92. The molecule has 1 heterocycles. The molecule has 1 aliphatic heterocycles. The number of nitrogens with one attached hydrogen (secondary N) is 1. The van der Waals surface area contributed by atoms with Gasteiger partial charge in [0.25, 0.3) is 0 Å². The summed E-state index contributed by atoms with van der Waals surface area (Å²) < 4.78 is 0. The van der Waals surface area contributed by atoms with Gasteiger partial charge in [-0.15, -0.1) is 0 Å². The summed E-state index contributed by atoms with van der Waals surface area (Å²) >= 11 is 0. The van der Waals surface area contributed by atoms with Gasteiger partial charge in [-0.1, -0.05) is 24.3 Å². The third kappa shape index (κ3) is 1.81. The Morgan fingerprint density at radius 3 is 2.79 bits per heavy atom. The fourth-order valence-corrected chi connectivity index (χ4v) is 2.23. The Morgan fingerprint density at radius 1 is 1.36 bits per heavy atom. The first-order valence-corrected chi connectivity index (χ1v) is 5.52. The summed E-state index contributed by atoms with van der Waals surface area (Å²) in [6, 6.07) is 9.53. The summed E-state index contributed by atoms with van der Waals surface area (Å²) in [5.41, 5.74) is 7.08. The molecule has 2 rings (SSSR count). The summed E-state index contributed by atoms with van der Waals surface area (Å²) in [7, 11) is 0. The van der Waals surface area contributed by atoms with Crippen molar-refractivity contribution in [2.45, 2.75) is 25.9 Å². The van der Waals surface area contributed by atoms with E-state index < -0.39 is 0 Å². The minimum atomic E-state index is 0.698. The number of quaternary nitrogens is 2. The van der Waals surface area contributed by atoms with Gasteiger partial charge >= 0.3 is 0 Å². The Labute approximate surface area is 85.7 Å². The maximum Gasteiger partial charge on any atom is 0.134 e. The normalized spacial score (nSPS) is 22.9. The SMILES string of the molecule is C[C@@H](C[NH3+])[NH+]1CCc2ccccc2C1. The van der Waals surface area contributed by atoms with Crippen LogP contribution in [0.5, 0.6) is 0 Å². The average molecular weight is 192 g/mol. The maximum atomic E-state index is 4.00. The number of hydrogen-bond donors (Lipinski definition) is 2. The Morgan fingerprint density at radius 2 is 2.07 bits per heavy atom. The average Bonchev–Trinajstić information content (AvgIpc) is 2.27. The van der Waals surface area contributed by atoms with E-state index >= 15 is 0 Å². The zero-order chi connectivity index (χ0) is 9.97. The molecule has 14 heavy (non-hydrogen) atoms. The van der Waals surface area contributed by atoms with E-state index in [4.69, 9.17) is 0 Å². The largest absolute Gasteiger partial charge is 0.353 e. The Balaban J connectivity index is 2.13. The van der Waals surface area contributed by atoms with Gasteiger partial charge in [0.05, 0.1) is 6.54 Å². The third-order valence-corrected chi connectivity index (χ3v) is 3.38. The summed E-state index contributed by atoms with van der Waals surface area (Å²) in [5, 5.41) is 0. The first-order valence-electron chi connectivity index (χ1n) is 5.52. The van der Waals surface area contributed by atoms with Crippen LogP contribution in [-0.2, 0) is 13.0 Å². The van der Waals surface area contributed by atoms with Gasteiger partial charge < -0.3 is 10.6 Å². The van der Waals surface area contributed by atoms with Crippen LogP contribution >= 0.6 is 0 Å². The van der Waals surface area contributed by atoms with Crippen molar-refractivity contribution in [1.82, 2.24) is 0 Å². The van der Waals surface area contributed by atoms with Crippen LogP contribution in [0, 0.1) is 0 Å². The molecule has 0 saturated heterocycles. The van der Waals surface area contributed by atoms with Gasteiger partial charge in [0.1, 0.15) is 19.1 Å². The van der Waals surface area contributed by atoms with Crippen molar-refractivity contribution in [3.63, 3.8) is 0 Å². The third-order valence-electron chi connectivity index (χ3n) is 3.38. The van der Waals surface area contributed by atoms with Crippen molar-refractivity contribution in [3.05, 3.63) is 35.4 Å². The quantitative estimate of drug-likeness (QED) is 0.618. The highest BCUT2D eigenvalue weighted by Crippen LogP contribution is 2.10. The van der Waals surface area contributed by atoms with E-state index in [0.717, 1.165) is 6.54 Å². The molecular weight excluding hydrogens is 172 g/mol. The van der Waals surface area contributed by atoms with Crippen LogP contribution in [-0.4, -0.2) is 19.1 Å².